The fourth-order valence-electron chi connectivity index (χ4n) is 4.40. The summed E-state index contributed by atoms with van der Waals surface area (Å²) in [4.78, 5) is 73.3. The summed E-state index contributed by atoms with van der Waals surface area (Å²) in [5.41, 5.74) is 1.10. The lowest BCUT2D eigenvalue weighted by atomic mass is 9.98. The molecule has 4 N–H and O–H groups in total. The van der Waals surface area contributed by atoms with Gasteiger partial charge in [0.1, 0.15) is 0 Å². The van der Waals surface area contributed by atoms with Gasteiger partial charge in [0, 0.05) is 24.0 Å². The Bertz CT molecular complexity index is 1190. The van der Waals surface area contributed by atoms with Crippen LogP contribution in [0.1, 0.15) is 114 Å². The van der Waals surface area contributed by atoms with Crippen molar-refractivity contribution in [2.45, 2.75) is 72.6 Å². The minimum absolute atomic E-state index is 0.128. The largest absolute Gasteiger partial charge is 0.294 e. The molecule has 0 aliphatic carbocycles. The molecule has 0 saturated heterocycles. The van der Waals surface area contributed by atoms with E-state index in [2.05, 4.69) is 0 Å². The minimum Gasteiger partial charge on any atom is -0.294 e. The average molecular weight is 537 g/mol. The van der Waals surface area contributed by atoms with Crippen LogP contribution in [0.15, 0.2) is 36.4 Å². The number of nitrogens with two attached hydrogens (primary N) is 2. The zero-order valence-electron chi connectivity index (χ0n) is 22.9. The van der Waals surface area contributed by atoms with E-state index in [0.717, 1.165) is 29.3 Å². The first-order valence-electron chi connectivity index (χ1n) is 12.8. The Morgan fingerprint density at radius 2 is 0.872 bits per heavy atom. The molecule has 2 aromatic rings. The second-order valence-electron chi connectivity index (χ2n) is 9.42. The monoisotopic (exact) mass is 536 g/mol. The van der Waals surface area contributed by atoms with Crippen LogP contribution in [-0.2, 0) is 9.59 Å². The number of amides is 2. The molecule has 39 heavy (non-hydrogen) atoms. The fourth-order valence-corrected chi connectivity index (χ4v) is 4.40. The van der Waals surface area contributed by atoms with Crippen molar-refractivity contribution >= 4 is 46.3 Å². The number of benzene rings is 2. The summed E-state index contributed by atoms with van der Waals surface area (Å²) in [6.45, 7) is 5.35. The van der Waals surface area contributed by atoms with E-state index in [1.165, 1.54) is 52.0 Å². The molecule has 0 aromatic heterocycles. The minimum atomic E-state index is -0.374. The molecule has 0 atom stereocenters. The van der Waals surface area contributed by atoms with E-state index in [-0.39, 0.29) is 81.4 Å². The van der Waals surface area contributed by atoms with E-state index < -0.39 is 0 Å². The van der Waals surface area contributed by atoms with Crippen LogP contribution >= 0.6 is 0 Å². The van der Waals surface area contributed by atoms with Crippen molar-refractivity contribution in [2.24, 2.45) is 11.7 Å². The van der Waals surface area contributed by atoms with Gasteiger partial charge in [-0.15, -0.1) is 0 Å². The van der Waals surface area contributed by atoms with Crippen LogP contribution in [0.2, 0.25) is 0 Å². The normalized spacial score (nSPS) is 10.6. The van der Waals surface area contributed by atoms with Crippen LogP contribution in [0.5, 0.6) is 0 Å². The van der Waals surface area contributed by atoms with Gasteiger partial charge in [-0.05, 0) is 52.7 Å². The Morgan fingerprint density at radius 1 is 0.538 bits per heavy atom. The summed E-state index contributed by atoms with van der Waals surface area (Å²) in [5, 5.41) is 1.85. The third-order valence-electron chi connectivity index (χ3n) is 6.39. The number of anilines is 2. The van der Waals surface area contributed by atoms with Crippen LogP contribution in [-0.4, -0.2) is 34.9 Å². The van der Waals surface area contributed by atoms with Crippen molar-refractivity contribution in [3.63, 3.8) is 0 Å². The molecule has 0 saturated carbocycles. The molecule has 2 amide bonds. The number of hydrazine groups is 2. The Kier molecular flexibility index (Phi) is 11.4. The van der Waals surface area contributed by atoms with Crippen LogP contribution in [0.25, 0.3) is 0 Å². The number of hydrogen-bond donors (Lipinski definition) is 2. The average Bonchev–Trinajstić information content (AvgIpc) is 2.90. The maximum Gasteiger partial charge on any atom is 0.241 e. The molecule has 2 rings (SSSR count). The number of carbonyl (C=O) groups excluding carboxylic acids is 6. The number of unbranched alkanes of at least 4 members (excludes halogenated alkanes) is 4. The highest BCUT2D eigenvalue weighted by Gasteiger charge is 2.23. The highest BCUT2D eigenvalue weighted by atomic mass is 16.2. The van der Waals surface area contributed by atoms with Crippen molar-refractivity contribution in [3.8, 4) is 0 Å². The second-order valence-corrected chi connectivity index (χ2v) is 9.42. The van der Waals surface area contributed by atoms with E-state index in [9.17, 15) is 28.8 Å². The van der Waals surface area contributed by atoms with Crippen LogP contribution < -0.4 is 21.7 Å². The fraction of sp³-hybridized carbons (Fsp3) is 0.379. The molecule has 0 spiro atoms. The second kappa shape index (κ2) is 14.2. The Balaban J connectivity index is 1.84. The number of rotatable bonds is 14. The van der Waals surface area contributed by atoms with E-state index in [1.54, 1.807) is 12.1 Å². The summed E-state index contributed by atoms with van der Waals surface area (Å²) in [6, 6.07) is 9.29. The molecule has 0 heterocycles. The van der Waals surface area contributed by atoms with Gasteiger partial charge in [0.05, 0.1) is 22.5 Å². The zero-order valence-corrected chi connectivity index (χ0v) is 22.9. The molecular formula is C29H36N4O6. The summed E-state index contributed by atoms with van der Waals surface area (Å²) in [7, 11) is 0. The van der Waals surface area contributed by atoms with Gasteiger partial charge in [0.25, 0.3) is 0 Å². The number of nitrogens with zero attached hydrogens (tertiary/aromatic N) is 2. The van der Waals surface area contributed by atoms with Crippen LogP contribution in [0.3, 0.4) is 0 Å². The third kappa shape index (κ3) is 7.98. The van der Waals surface area contributed by atoms with Crippen molar-refractivity contribution in [1.29, 1.82) is 0 Å². The third-order valence-corrected chi connectivity index (χ3v) is 6.39. The lowest BCUT2D eigenvalue weighted by Gasteiger charge is -2.21. The summed E-state index contributed by atoms with van der Waals surface area (Å²) in [6.07, 6.45) is 3.66. The Hall–Kier alpha value is -4.02. The highest BCUT2D eigenvalue weighted by molar-refractivity contribution is 6.13. The first kappa shape index (κ1) is 31.2. The van der Waals surface area contributed by atoms with E-state index >= 15 is 0 Å². The lowest BCUT2D eigenvalue weighted by Crippen LogP contribution is -2.38. The predicted molar refractivity (Wildman–Crippen MR) is 149 cm³/mol. The van der Waals surface area contributed by atoms with E-state index in [0.29, 0.717) is 12.8 Å². The molecule has 0 aliphatic rings. The van der Waals surface area contributed by atoms with Crippen molar-refractivity contribution in [2.75, 3.05) is 10.0 Å². The van der Waals surface area contributed by atoms with Gasteiger partial charge in [-0.1, -0.05) is 43.5 Å². The van der Waals surface area contributed by atoms with Gasteiger partial charge < -0.3 is 0 Å². The maximum absolute atomic E-state index is 12.6. The molecule has 208 valence electrons. The maximum atomic E-state index is 12.6. The van der Waals surface area contributed by atoms with E-state index in [1.807, 2.05) is 0 Å². The number of hydrogen-bond acceptors (Lipinski definition) is 8. The topological polar surface area (TPSA) is 161 Å². The number of ketones is 4. The molecule has 0 unspecified atom stereocenters. The zero-order chi connectivity index (χ0) is 29.3. The SMILES string of the molecule is CC(=O)c1cccc(N(N)C(=O)CCCCCCCC(=O)N(N)c2cccc(C(C)=O)c2C(C)=O)c1C(C)=O. The molecule has 10 nitrogen and oxygen atoms in total. The van der Waals surface area contributed by atoms with Crippen molar-refractivity contribution < 1.29 is 28.8 Å². The smallest absolute Gasteiger partial charge is 0.241 e. The molecular weight excluding hydrogens is 500 g/mol. The van der Waals surface area contributed by atoms with Crippen molar-refractivity contribution in [1.82, 2.24) is 0 Å². The molecule has 2 aromatic carbocycles. The van der Waals surface area contributed by atoms with Gasteiger partial charge in [-0.2, -0.15) is 0 Å². The van der Waals surface area contributed by atoms with Gasteiger partial charge in [-0.3, -0.25) is 28.8 Å². The van der Waals surface area contributed by atoms with Crippen LogP contribution in [0.4, 0.5) is 11.4 Å². The lowest BCUT2D eigenvalue weighted by molar-refractivity contribution is -0.119. The Labute approximate surface area is 228 Å². The van der Waals surface area contributed by atoms with Crippen LogP contribution in [0, 0.1) is 0 Å². The first-order valence-corrected chi connectivity index (χ1v) is 12.8. The summed E-state index contributed by atoms with van der Waals surface area (Å²) >= 11 is 0. The Morgan fingerprint density at radius 3 is 1.18 bits per heavy atom. The molecule has 10 heteroatoms. The summed E-state index contributed by atoms with van der Waals surface area (Å²) < 4.78 is 0. The van der Waals surface area contributed by atoms with Gasteiger partial charge in [0.2, 0.25) is 11.8 Å². The first-order chi connectivity index (χ1) is 18.4. The van der Waals surface area contributed by atoms with Gasteiger partial charge in [0.15, 0.2) is 23.1 Å². The quantitative estimate of drug-likeness (QED) is 0.118. The number of Topliss-reactive ketones (excluding diaryl/α,β-unsaturated/α-hetero) is 4. The molecule has 0 aliphatic heterocycles. The van der Waals surface area contributed by atoms with Crippen molar-refractivity contribution in [3.05, 3.63) is 58.7 Å². The molecule has 0 radical (unpaired) electrons. The van der Waals surface area contributed by atoms with E-state index in [4.69, 9.17) is 11.7 Å². The predicted octanol–water partition coefficient (Wildman–Crippen LogP) is 4.34. The number of carbonyl (C=O) groups is 6. The van der Waals surface area contributed by atoms with Gasteiger partial charge in [-0.25, -0.2) is 21.7 Å². The highest BCUT2D eigenvalue weighted by Crippen LogP contribution is 2.26. The molecule has 0 fully saturated rings. The molecule has 0 bridgehead atoms. The standard InChI is InChI=1S/C29H36N4O6/c1-18(34)22-12-10-14-24(28(22)20(3)36)32(30)26(38)16-8-6-5-7-9-17-27(39)33(31)25-15-11-13-23(19(2)35)29(25)21(4)37/h10-15H,5-9,16-17,30-31H2,1-4H3. The van der Waals surface area contributed by atoms with Gasteiger partial charge >= 0.3 is 0 Å². The summed E-state index contributed by atoms with van der Waals surface area (Å²) in [5.74, 6) is 9.97.